The van der Waals surface area contributed by atoms with Crippen LogP contribution in [0.1, 0.15) is 18.4 Å². The highest BCUT2D eigenvalue weighted by Crippen LogP contribution is 2.22. The third kappa shape index (κ3) is 4.83. The Hall–Kier alpha value is -1.34. The quantitative estimate of drug-likeness (QED) is 0.769. The van der Waals surface area contributed by atoms with Crippen molar-refractivity contribution in [3.8, 4) is 0 Å². The minimum absolute atomic E-state index is 0.250. The van der Waals surface area contributed by atoms with Crippen LogP contribution in [0.3, 0.4) is 0 Å². The minimum Gasteiger partial charge on any atom is -0.376 e. The number of thiocarbonyl (C=S) groups is 1. The van der Waals surface area contributed by atoms with Crippen LogP contribution in [0.5, 0.6) is 0 Å². The third-order valence-electron chi connectivity index (χ3n) is 3.75. The number of ether oxygens (including phenoxy) is 1. The Morgan fingerprint density at radius 2 is 2.29 bits per heavy atom. The molecule has 1 aliphatic rings. The van der Waals surface area contributed by atoms with Gasteiger partial charge in [-0.2, -0.15) is 5.10 Å². The van der Waals surface area contributed by atoms with Crippen LogP contribution >= 0.6 is 35.4 Å². The first-order chi connectivity index (χ1) is 11.6. The number of hydrogen-bond donors (Lipinski definition) is 2. The SMILES string of the molecule is S=C(NCC1CCCO1)Nc1cnn(Cc2ccc(Cl)cc2Cl)c1. The zero-order valence-corrected chi connectivity index (χ0v) is 15.3. The molecule has 0 spiro atoms. The average Bonchev–Trinajstić information content (AvgIpc) is 3.20. The molecule has 1 unspecified atom stereocenters. The highest BCUT2D eigenvalue weighted by atomic mass is 35.5. The van der Waals surface area contributed by atoms with E-state index < -0.39 is 0 Å². The first-order valence-electron chi connectivity index (χ1n) is 7.73. The van der Waals surface area contributed by atoms with Crippen LogP contribution in [0.25, 0.3) is 0 Å². The van der Waals surface area contributed by atoms with Crippen LogP contribution in [-0.4, -0.2) is 34.1 Å². The second kappa shape index (κ2) is 8.16. The van der Waals surface area contributed by atoms with E-state index in [0.29, 0.717) is 21.7 Å². The molecule has 0 bridgehead atoms. The molecule has 2 aromatic rings. The number of aromatic nitrogens is 2. The Morgan fingerprint density at radius 3 is 3.04 bits per heavy atom. The molecule has 1 saturated heterocycles. The number of nitrogens with one attached hydrogen (secondary N) is 2. The van der Waals surface area contributed by atoms with Crippen LogP contribution in [0.4, 0.5) is 5.69 Å². The van der Waals surface area contributed by atoms with E-state index in [4.69, 9.17) is 40.2 Å². The predicted octanol–water partition coefficient (Wildman–Crippen LogP) is 3.70. The molecule has 2 heterocycles. The number of benzene rings is 1. The Balaban J connectivity index is 1.52. The second-order valence-electron chi connectivity index (χ2n) is 5.63. The van der Waals surface area contributed by atoms with E-state index in [1.165, 1.54) is 0 Å². The first-order valence-corrected chi connectivity index (χ1v) is 8.89. The largest absolute Gasteiger partial charge is 0.376 e. The lowest BCUT2D eigenvalue weighted by Crippen LogP contribution is -2.34. The maximum Gasteiger partial charge on any atom is 0.170 e. The lowest BCUT2D eigenvalue weighted by atomic mass is 10.2. The smallest absolute Gasteiger partial charge is 0.170 e. The van der Waals surface area contributed by atoms with Gasteiger partial charge in [0.15, 0.2) is 5.11 Å². The molecular formula is C16H18Cl2N4OS. The summed E-state index contributed by atoms with van der Waals surface area (Å²) in [6.45, 7) is 2.13. The van der Waals surface area contributed by atoms with Gasteiger partial charge in [-0.1, -0.05) is 29.3 Å². The van der Waals surface area contributed by atoms with E-state index >= 15 is 0 Å². The summed E-state index contributed by atoms with van der Waals surface area (Å²) in [5, 5.41) is 12.4. The Bertz CT molecular complexity index is 716. The highest BCUT2D eigenvalue weighted by molar-refractivity contribution is 7.80. The molecule has 0 radical (unpaired) electrons. The fourth-order valence-corrected chi connectivity index (χ4v) is 3.20. The Labute approximate surface area is 156 Å². The van der Waals surface area contributed by atoms with E-state index in [0.717, 1.165) is 37.2 Å². The monoisotopic (exact) mass is 384 g/mol. The van der Waals surface area contributed by atoms with Crippen molar-refractivity contribution in [3.63, 3.8) is 0 Å². The van der Waals surface area contributed by atoms with Crippen molar-refractivity contribution in [1.82, 2.24) is 15.1 Å². The van der Waals surface area contributed by atoms with Crippen LogP contribution < -0.4 is 10.6 Å². The van der Waals surface area contributed by atoms with Crippen LogP contribution in [-0.2, 0) is 11.3 Å². The molecule has 0 saturated carbocycles. The second-order valence-corrected chi connectivity index (χ2v) is 6.88. The van der Waals surface area contributed by atoms with Crippen molar-refractivity contribution >= 4 is 46.2 Å². The summed E-state index contributed by atoms with van der Waals surface area (Å²) in [6.07, 6.45) is 6.05. The van der Waals surface area contributed by atoms with E-state index in [1.54, 1.807) is 16.9 Å². The summed E-state index contributed by atoms with van der Waals surface area (Å²) < 4.78 is 7.35. The molecular weight excluding hydrogens is 367 g/mol. The summed E-state index contributed by atoms with van der Waals surface area (Å²) in [4.78, 5) is 0. The molecule has 1 atom stereocenters. The molecule has 1 fully saturated rings. The van der Waals surface area contributed by atoms with Gasteiger partial charge in [0.1, 0.15) is 0 Å². The van der Waals surface area contributed by atoms with E-state index in [2.05, 4.69) is 15.7 Å². The fourth-order valence-electron chi connectivity index (χ4n) is 2.53. The van der Waals surface area contributed by atoms with Crippen molar-refractivity contribution in [2.24, 2.45) is 0 Å². The lowest BCUT2D eigenvalue weighted by Gasteiger charge is -2.13. The fraction of sp³-hybridized carbons (Fsp3) is 0.375. The van der Waals surface area contributed by atoms with Crippen molar-refractivity contribution in [1.29, 1.82) is 0 Å². The molecule has 1 aliphatic heterocycles. The topological polar surface area (TPSA) is 51.1 Å². The summed E-state index contributed by atoms with van der Waals surface area (Å²) in [7, 11) is 0. The van der Waals surface area contributed by atoms with Gasteiger partial charge in [0.05, 0.1) is 24.5 Å². The van der Waals surface area contributed by atoms with Crippen LogP contribution in [0.2, 0.25) is 10.0 Å². The first kappa shape index (κ1) is 17.5. The minimum atomic E-state index is 0.250. The molecule has 128 valence electrons. The van der Waals surface area contributed by atoms with Crippen molar-refractivity contribution in [2.75, 3.05) is 18.5 Å². The predicted molar refractivity (Wildman–Crippen MR) is 101 cm³/mol. The van der Waals surface area contributed by atoms with Gasteiger partial charge < -0.3 is 15.4 Å². The molecule has 24 heavy (non-hydrogen) atoms. The van der Waals surface area contributed by atoms with Crippen molar-refractivity contribution in [3.05, 3.63) is 46.2 Å². The number of nitrogens with zero attached hydrogens (tertiary/aromatic N) is 2. The van der Waals surface area contributed by atoms with E-state index in [9.17, 15) is 0 Å². The van der Waals surface area contributed by atoms with Gasteiger partial charge in [0.25, 0.3) is 0 Å². The number of anilines is 1. The standard InChI is InChI=1S/C16H18Cl2N4OS/c17-12-4-3-11(15(18)6-12)9-22-10-13(7-20-22)21-16(24)19-8-14-2-1-5-23-14/h3-4,6-7,10,14H,1-2,5,8-9H2,(H2,19,21,24). The molecule has 1 aromatic carbocycles. The Kier molecular flexibility index (Phi) is 5.94. The number of rotatable bonds is 5. The lowest BCUT2D eigenvalue weighted by molar-refractivity contribution is 0.114. The molecule has 0 amide bonds. The van der Waals surface area contributed by atoms with Gasteiger partial charge in [-0.3, -0.25) is 4.68 Å². The maximum absolute atomic E-state index is 6.19. The third-order valence-corrected chi connectivity index (χ3v) is 4.59. The number of halogens is 2. The maximum atomic E-state index is 6.19. The highest BCUT2D eigenvalue weighted by Gasteiger charge is 2.15. The van der Waals surface area contributed by atoms with Crippen LogP contribution in [0.15, 0.2) is 30.6 Å². The van der Waals surface area contributed by atoms with Crippen molar-refractivity contribution < 1.29 is 4.74 Å². The van der Waals surface area contributed by atoms with Gasteiger partial charge >= 0.3 is 0 Å². The van der Waals surface area contributed by atoms with Crippen molar-refractivity contribution in [2.45, 2.75) is 25.5 Å². The zero-order chi connectivity index (χ0) is 16.9. The zero-order valence-electron chi connectivity index (χ0n) is 13.0. The summed E-state index contributed by atoms with van der Waals surface area (Å²) in [5.41, 5.74) is 1.78. The molecule has 1 aromatic heterocycles. The van der Waals surface area contributed by atoms with Crippen LogP contribution in [0, 0.1) is 0 Å². The van der Waals surface area contributed by atoms with E-state index in [1.807, 2.05) is 18.3 Å². The van der Waals surface area contributed by atoms with Gasteiger partial charge in [0.2, 0.25) is 0 Å². The van der Waals surface area contributed by atoms with Gasteiger partial charge in [0, 0.05) is 29.4 Å². The molecule has 8 heteroatoms. The summed E-state index contributed by atoms with van der Waals surface area (Å²) >= 11 is 17.4. The van der Waals surface area contributed by atoms with Gasteiger partial charge in [-0.15, -0.1) is 0 Å². The van der Waals surface area contributed by atoms with E-state index in [-0.39, 0.29) is 6.10 Å². The Morgan fingerprint density at radius 1 is 1.42 bits per heavy atom. The average molecular weight is 385 g/mol. The summed E-state index contributed by atoms with van der Waals surface area (Å²) in [5.74, 6) is 0. The molecule has 3 rings (SSSR count). The molecule has 2 N–H and O–H groups in total. The molecule has 5 nitrogen and oxygen atoms in total. The van der Waals surface area contributed by atoms with Gasteiger partial charge in [-0.25, -0.2) is 0 Å². The summed E-state index contributed by atoms with van der Waals surface area (Å²) in [6, 6.07) is 5.44. The number of hydrogen-bond acceptors (Lipinski definition) is 3. The normalized spacial score (nSPS) is 17.0. The molecule has 0 aliphatic carbocycles. The van der Waals surface area contributed by atoms with Gasteiger partial charge in [-0.05, 0) is 42.8 Å².